The molecule has 0 unspecified atom stereocenters. The van der Waals surface area contributed by atoms with Crippen molar-refractivity contribution in [2.24, 2.45) is 0 Å². The molecule has 2 saturated heterocycles. The smallest absolute Gasteiger partial charge is 0.217 e. The molecule has 0 N–H and O–H groups in total. The monoisotopic (exact) mass is 320 g/mol. The molecule has 4 nitrogen and oxygen atoms in total. The molecule has 5 heteroatoms. The van der Waals surface area contributed by atoms with Gasteiger partial charge in [0.1, 0.15) is 0 Å². The molecule has 4 rings (SSSR count). The van der Waals surface area contributed by atoms with E-state index >= 15 is 0 Å². The zero-order valence-electron chi connectivity index (χ0n) is 13.1. The number of nitrogens with zero attached hydrogens (tertiary/aromatic N) is 2. The van der Waals surface area contributed by atoms with Crippen molar-refractivity contribution in [3.8, 4) is 0 Å². The maximum absolute atomic E-state index is 12.6. The lowest BCUT2D eigenvalue weighted by molar-refractivity contribution is 0.240. The Bertz CT molecular complexity index is 669. The second-order valence-corrected chi connectivity index (χ2v) is 9.19. The van der Waals surface area contributed by atoms with Gasteiger partial charge in [-0.2, -0.15) is 4.31 Å². The largest absolute Gasteiger partial charge is 0.294 e. The lowest BCUT2D eigenvalue weighted by Gasteiger charge is -2.25. The van der Waals surface area contributed by atoms with Gasteiger partial charge in [0.05, 0.1) is 5.25 Å². The minimum absolute atomic E-state index is 0.0722. The number of hydrogen-bond acceptors (Lipinski definition) is 3. The summed E-state index contributed by atoms with van der Waals surface area (Å²) >= 11 is 0. The molecular formula is C17H24N2O2S. The van der Waals surface area contributed by atoms with Gasteiger partial charge in [-0.25, -0.2) is 8.42 Å². The van der Waals surface area contributed by atoms with E-state index in [1.807, 2.05) is 4.31 Å². The molecule has 1 saturated carbocycles. The molecule has 3 aliphatic rings. The van der Waals surface area contributed by atoms with E-state index in [0.29, 0.717) is 6.04 Å². The van der Waals surface area contributed by atoms with Gasteiger partial charge in [0.15, 0.2) is 0 Å². The van der Waals surface area contributed by atoms with E-state index in [0.717, 1.165) is 45.3 Å². The minimum atomic E-state index is -3.02. The van der Waals surface area contributed by atoms with Gasteiger partial charge in [0.2, 0.25) is 10.0 Å². The second-order valence-electron chi connectivity index (χ2n) is 7.03. The molecule has 1 aliphatic carbocycles. The van der Waals surface area contributed by atoms with Crippen molar-refractivity contribution in [3.05, 3.63) is 35.4 Å². The van der Waals surface area contributed by atoms with Gasteiger partial charge in [-0.15, -0.1) is 0 Å². The highest BCUT2D eigenvalue weighted by molar-refractivity contribution is 7.90. The molecule has 0 spiro atoms. The molecule has 0 radical (unpaired) electrons. The van der Waals surface area contributed by atoms with Crippen molar-refractivity contribution in [2.45, 2.75) is 56.5 Å². The van der Waals surface area contributed by atoms with Gasteiger partial charge in [-0.05, 0) is 38.2 Å². The summed E-state index contributed by atoms with van der Waals surface area (Å²) < 4.78 is 26.9. The highest BCUT2D eigenvalue weighted by Crippen LogP contribution is 2.39. The molecule has 120 valence electrons. The van der Waals surface area contributed by atoms with Gasteiger partial charge in [0.25, 0.3) is 0 Å². The Morgan fingerprint density at radius 3 is 2.59 bits per heavy atom. The molecule has 1 aromatic rings. The Kier molecular flexibility index (Phi) is 3.55. The van der Waals surface area contributed by atoms with Crippen LogP contribution in [0, 0.1) is 6.92 Å². The van der Waals surface area contributed by atoms with Crippen molar-refractivity contribution in [1.82, 2.24) is 9.21 Å². The average molecular weight is 320 g/mol. The summed E-state index contributed by atoms with van der Waals surface area (Å²) in [5.74, 6) is 0. The standard InChI is InChI=1S/C17H24N2O2S/c1-13-3-2-4-14(11-13)12-18-9-7-17-16(18)8-10-19(17)22(20,21)15-5-6-15/h2-4,11,15-17H,5-10,12H2,1H3/t16-,17+/m0/s1. The number of rotatable bonds is 4. The third-order valence-electron chi connectivity index (χ3n) is 5.38. The summed E-state index contributed by atoms with van der Waals surface area (Å²) in [6.45, 7) is 4.80. The topological polar surface area (TPSA) is 40.6 Å². The first-order chi connectivity index (χ1) is 10.6. The molecule has 3 fully saturated rings. The summed E-state index contributed by atoms with van der Waals surface area (Å²) in [6, 6.07) is 9.27. The van der Waals surface area contributed by atoms with Crippen LogP contribution in [0.5, 0.6) is 0 Å². The summed E-state index contributed by atoms with van der Waals surface area (Å²) in [7, 11) is -3.02. The predicted molar refractivity (Wildman–Crippen MR) is 87.0 cm³/mol. The molecule has 2 heterocycles. The highest BCUT2D eigenvalue weighted by atomic mass is 32.2. The molecule has 1 aromatic carbocycles. The Balaban J connectivity index is 1.48. The van der Waals surface area contributed by atoms with Gasteiger partial charge >= 0.3 is 0 Å². The molecule has 0 bridgehead atoms. The van der Waals surface area contributed by atoms with Crippen molar-refractivity contribution < 1.29 is 8.42 Å². The predicted octanol–water partition coefficient (Wildman–Crippen LogP) is 2.14. The van der Waals surface area contributed by atoms with Crippen LogP contribution in [0.2, 0.25) is 0 Å². The first-order valence-corrected chi connectivity index (χ1v) is 9.86. The lowest BCUT2D eigenvalue weighted by atomic mass is 10.1. The van der Waals surface area contributed by atoms with Crippen LogP contribution in [0.1, 0.15) is 36.8 Å². The fraction of sp³-hybridized carbons (Fsp3) is 0.647. The van der Waals surface area contributed by atoms with Crippen LogP contribution >= 0.6 is 0 Å². The number of fused-ring (bicyclic) bond motifs is 1. The van der Waals surface area contributed by atoms with Crippen LogP contribution in [0.4, 0.5) is 0 Å². The zero-order chi connectivity index (χ0) is 15.3. The third kappa shape index (κ3) is 2.49. The van der Waals surface area contributed by atoms with Gasteiger partial charge in [-0.3, -0.25) is 4.90 Å². The fourth-order valence-corrected chi connectivity index (χ4v) is 6.25. The van der Waals surface area contributed by atoms with Crippen LogP contribution in [0.3, 0.4) is 0 Å². The molecule has 2 aliphatic heterocycles. The summed E-state index contributed by atoms with van der Waals surface area (Å²) in [6.07, 6.45) is 3.71. The zero-order valence-corrected chi connectivity index (χ0v) is 13.9. The first-order valence-electron chi connectivity index (χ1n) is 8.36. The van der Waals surface area contributed by atoms with Crippen LogP contribution in [0.25, 0.3) is 0 Å². The Labute approximate surface area is 133 Å². The number of hydrogen-bond donors (Lipinski definition) is 0. The number of aryl methyl sites for hydroxylation is 1. The van der Waals surface area contributed by atoms with Crippen LogP contribution < -0.4 is 0 Å². The summed E-state index contributed by atoms with van der Waals surface area (Å²) in [5, 5.41) is -0.0722. The Morgan fingerprint density at radius 2 is 1.86 bits per heavy atom. The van der Waals surface area contributed by atoms with E-state index < -0.39 is 10.0 Å². The second kappa shape index (κ2) is 5.32. The van der Waals surface area contributed by atoms with Crippen molar-refractivity contribution in [1.29, 1.82) is 0 Å². The maximum Gasteiger partial charge on any atom is 0.217 e. The SMILES string of the molecule is Cc1cccc(CN2CC[C@@H]3[C@@H]2CCN3S(=O)(=O)C2CC2)c1. The summed E-state index contributed by atoms with van der Waals surface area (Å²) in [5.41, 5.74) is 2.63. The van der Waals surface area contributed by atoms with Gasteiger partial charge < -0.3 is 0 Å². The normalized spacial score (nSPS) is 29.9. The number of benzene rings is 1. The molecule has 22 heavy (non-hydrogen) atoms. The summed E-state index contributed by atoms with van der Waals surface area (Å²) in [4.78, 5) is 2.49. The van der Waals surface area contributed by atoms with E-state index in [1.54, 1.807) is 0 Å². The lowest BCUT2D eigenvalue weighted by Crippen LogP contribution is -2.41. The first kappa shape index (κ1) is 14.7. The van der Waals surface area contributed by atoms with E-state index in [4.69, 9.17) is 0 Å². The quantitative estimate of drug-likeness (QED) is 0.853. The highest BCUT2D eigenvalue weighted by Gasteiger charge is 2.50. The van der Waals surface area contributed by atoms with Crippen molar-refractivity contribution in [3.63, 3.8) is 0 Å². The van der Waals surface area contributed by atoms with Crippen molar-refractivity contribution in [2.75, 3.05) is 13.1 Å². The van der Waals surface area contributed by atoms with E-state index in [2.05, 4.69) is 36.1 Å². The van der Waals surface area contributed by atoms with Crippen molar-refractivity contribution >= 4 is 10.0 Å². The van der Waals surface area contributed by atoms with E-state index in [1.165, 1.54) is 11.1 Å². The van der Waals surface area contributed by atoms with Crippen LogP contribution in [-0.4, -0.2) is 48.0 Å². The Morgan fingerprint density at radius 1 is 1.09 bits per heavy atom. The van der Waals surface area contributed by atoms with E-state index in [-0.39, 0.29) is 11.3 Å². The number of sulfonamides is 1. The van der Waals surface area contributed by atoms with Crippen LogP contribution in [0.15, 0.2) is 24.3 Å². The van der Waals surface area contributed by atoms with Gasteiger partial charge in [-0.1, -0.05) is 29.8 Å². The molecule has 0 amide bonds. The molecule has 2 atom stereocenters. The van der Waals surface area contributed by atoms with E-state index in [9.17, 15) is 8.42 Å². The number of likely N-dealkylation sites (tertiary alicyclic amines) is 1. The van der Waals surface area contributed by atoms with Gasteiger partial charge in [0, 0.05) is 31.7 Å². The fourth-order valence-electron chi connectivity index (χ4n) is 4.15. The minimum Gasteiger partial charge on any atom is -0.294 e. The average Bonchev–Trinajstić information content (AvgIpc) is 3.14. The molecular weight excluding hydrogens is 296 g/mol. The third-order valence-corrected chi connectivity index (χ3v) is 7.80. The molecule has 0 aromatic heterocycles. The van der Waals surface area contributed by atoms with Crippen LogP contribution in [-0.2, 0) is 16.6 Å². The Hall–Kier alpha value is -0.910. The maximum atomic E-state index is 12.6.